The summed E-state index contributed by atoms with van der Waals surface area (Å²) in [6, 6.07) is 11.5. The van der Waals surface area contributed by atoms with Crippen LogP contribution in [0.5, 0.6) is 5.75 Å². The Kier molecular flexibility index (Phi) is 7.93. The second kappa shape index (κ2) is 11.9. The Morgan fingerprint density at radius 1 is 1.29 bits per heavy atom. The Labute approximate surface area is 248 Å². The number of nitrogens with zero attached hydrogens (tertiary/aromatic N) is 6. The lowest BCUT2D eigenvalue weighted by molar-refractivity contribution is 0.000107. The number of nitrogens with one attached hydrogen (secondary N) is 2. The van der Waals surface area contributed by atoms with Gasteiger partial charge in [-0.25, -0.2) is 14.5 Å². The molecule has 0 spiro atoms. The lowest BCUT2D eigenvalue weighted by Gasteiger charge is -2.40. The molecule has 6 heterocycles. The third-order valence-electron chi connectivity index (χ3n) is 7.79. The number of amides is 1. The number of morpholine rings is 1. The summed E-state index contributed by atoms with van der Waals surface area (Å²) in [4.78, 5) is 23.9. The van der Waals surface area contributed by atoms with E-state index < -0.39 is 0 Å². The first-order valence-electron chi connectivity index (χ1n) is 13.9. The van der Waals surface area contributed by atoms with Gasteiger partial charge in [0.1, 0.15) is 36.0 Å². The number of fused-ring (bicyclic) bond motifs is 1. The molecule has 0 saturated carbocycles. The zero-order valence-electron chi connectivity index (χ0n) is 23.2. The first-order valence-corrected chi connectivity index (χ1v) is 14.3. The van der Waals surface area contributed by atoms with Crippen molar-refractivity contribution in [3.8, 4) is 22.9 Å². The number of nitriles is 1. The van der Waals surface area contributed by atoms with Gasteiger partial charge in [-0.2, -0.15) is 10.4 Å². The first-order chi connectivity index (χ1) is 20.4. The number of carbonyl (C=O) groups excluding carboxylic acids is 1. The van der Waals surface area contributed by atoms with E-state index in [0.29, 0.717) is 35.1 Å². The highest BCUT2D eigenvalue weighted by Gasteiger charge is 2.33. The Morgan fingerprint density at radius 2 is 2.14 bits per heavy atom. The van der Waals surface area contributed by atoms with Gasteiger partial charge in [-0.3, -0.25) is 4.79 Å². The molecule has 4 aromatic rings. The van der Waals surface area contributed by atoms with Gasteiger partial charge in [0.05, 0.1) is 35.1 Å². The fourth-order valence-electron chi connectivity index (χ4n) is 5.37. The summed E-state index contributed by atoms with van der Waals surface area (Å²) in [5.41, 5.74) is 2.70. The molecule has 1 amide bonds. The molecule has 12 heteroatoms. The largest absolute Gasteiger partial charge is 0.489 e. The minimum atomic E-state index is -0.380. The minimum Gasteiger partial charge on any atom is -0.489 e. The van der Waals surface area contributed by atoms with Crippen LogP contribution >= 0.6 is 11.6 Å². The molecule has 2 N–H and O–H groups in total. The Bertz CT molecular complexity index is 1620. The number of anilines is 1. The number of carbonyl (C=O) groups is 1. The molecule has 1 unspecified atom stereocenters. The van der Waals surface area contributed by atoms with E-state index in [4.69, 9.17) is 26.1 Å². The van der Waals surface area contributed by atoms with Crippen molar-refractivity contribution >= 4 is 28.8 Å². The maximum atomic E-state index is 12.8. The van der Waals surface area contributed by atoms with E-state index >= 15 is 0 Å². The molecule has 11 nitrogen and oxygen atoms in total. The van der Waals surface area contributed by atoms with Crippen molar-refractivity contribution in [2.45, 2.75) is 31.4 Å². The van der Waals surface area contributed by atoms with E-state index in [-0.39, 0.29) is 23.2 Å². The van der Waals surface area contributed by atoms with Crippen molar-refractivity contribution in [3.63, 3.8) is 0 Å². The van der Waals surface area contributed by atoms with Gasteiger partial charge >= 0.3 is 0 Å². The van der Waals surface area contributed by atoms with Gasteiger partial charge in [-0.05, 0) is 50.1 Å². The number of hydrogen-bond acceptors (Lipinski definition) is 9. The molecule has 4 aromatic heterocycles. The van der Waals surface area contributed by atoms with Crippen LogP contribution in [-0.4, -0.2) is 76.5 Å². The quantitative estimate of drug-likeness (QED) is 0.334. The van der Waals surface area contributed by atoms with Crippen LogP contribution < -0.4 is 20.3 Å². The molecule has 42 heavy (non-hydrogen) atoms. The highest BCUT2D eigenvalue weighted by molar-refractivity contribution is 6.33. The number of aromatic nitrogens is 4. The van der Waals surface area contributed by atoms with Crippen molar-refractivity contribution < 1.29 is 14.3 Å². The Balaban J connectivity index is 1.16. The Morgan fingerprint density at radius 3 is 2.86 bits per heavy atom. The highest BCUT2D eigenvalue weighted by atomic mass is 35.5. The monoisotopic (exact) mass is 586 g/mol. The number of ether oxygens (including phenoxy) is 2. The van der Waals surface area contributed by atoms with Crippen LogP contribution in [0.4, 0.5) is 5.82 Å². The van der Waals surface area contributed by atoms with E-state index in [0.717, 1.165) is 56.0 Å². The summed E-state index contributed by atoms with van der Waals surface area (Å²) < 4.78 is 13.5. The molecule has 2 aliphatic heterocycles. The second-order valence-electron chi connectivity index (χ2n) is 10.8. The van der Waals surface area contributed by atoms with E-state index in [9.17, 15) is 10.1 Å². The number of rotatable bonds is 7. The maximum absolute atomic E-state index is 12.8. The van der Waals surface area contributed by atoms with Gasteiger partial charge in [0.15, 0.2) is 0 Å². The topological polar surface area (TPSA) is 130 Å². The number of pyridine rings is 3. The van der Waals surface area contributed by atoms with E-state index in [1.807, 2.05) is 31.3 Å². The molecule has 0 radical (unpaired) electrons. The van der Waals surface area contributed by atoms with Gasteiger partial charge in [0.2, 0.25) is 0 Å². The summed E-state index contributed by atoms with van der Waals surface area (Å²) in [6.07, 6.45) is 8.18. The standard InChI is InChI=1S/C30H31ClN8O3/c1-30(37-29(40)27-25(31)3-2-8-34-27)6-10-38(11-7-30)26-5-4-20(15-35-26)24-13-22(42-19-23-17-33-9-12-41-23)18-39-28(24)21(14-32)16-36-39/h2-5,8,13,15-16,18,23,33H,6-7,9-12,17,19H2,1H3,(H,37,40). The average molecular weight is 587 g/mol. The smallest absolute Gasteiger partial charge is 0.271 e. The van der Waals surface area contributed by atoms with Crippen molar-refractivity contribution in [3.05, 3.63) is 71.4 Å². The third kappa shape index (κ3) is 5.87. The van der Waals surface area contributed by atoms with Crippen LogP contribution in [0.25, 0.3) is 16.6 Å². The SMILES string of the molecule is CC1(NC(=O)c2ncccc2Cl)CCN(c2ccc(-c3cc(OCC4CNCCO4)cn4ncc(C#N)c34)cn2)CC1. The lowest BCUT2D eigenvalue weighted by Crippen LogP contribution is -2.53. The fourth-order valence-corrected chi connectivity index (χ4v) is 5.57. The van der Waals surface area contributed by atoms with Gasteiger partial charge in [-0.1, -0.05) is 11.6 Å². The molecule has 2 fully saturated rings. The minimum absolute atomic E-state index is 0.0290. The van der Waals surface area contributed by atoms with Crippen molar-refractivity contribution in [2.24, 2.45) is 0 Å². The predicted octanol–water partition coefficient (Wildman–Crippen LogP) is 3.47. The summed E-state index contributed by atoms with van der Waals surface area (Å²) in [7, 11) is 0. The van der Waals surface area contributed by atoms with E-state index in [2.05, 4.69) is 31.7 Å². The molecule has 2 saturated heterocycles. The lowest BCUT2D eigenvalue weighted by atomic mass is 9.89. The van der Waals surface area contributed by atoms with Crippen LogP contribution in [0.15, 0.2) is 55.1 Å². The van der Waals surface area contributed by atoms with Crippen LogP contribution in [0.3, 0.4) is 0 Å². The van der Waals surface area contributed by atoms with Crippen LogP contribution in [0, 0.1) is 11.3 Å². The normalized spacial score (nSPS) is 18.4. The summed E-state index contributed by atoms with van der Waals surface area (Å²) >= 11 is 6.17. The number of halogens is 1. The van der Waals surface area contributed by atoms with Crippen LogP contribution in [-0.2, 0) is 4.74 Å². The van der Waals surface area contributed by atoms with Crippen molar-refractivity contribution in [2.75, 3.05) is 44.3 Å². The molecule has 0 aliphatic carbocycles. The summed E-state index contributed by atoms with van der Waals surface area (Å²) in [6.45, 7) is 6.15. The van der Waals surface area contributed by atoms with Gasteiger partial charge in [-0.15, -0.1) is 0 Å². The zero-order chi connectivity index (χ0) is 29.1. The number of piperidine rings is 1. The third-order valence-corrected chi connectivity index (χ3v) is 8.09. The molecular formula is C30H31ClN8O3. The van der Waals surface area contributed by atoms with Crippen molar-refractivity contribution in [1.82, 2.24) is 30.2 Å². The maximum Gasteiger partial charge on any atom is 0.271 e. The summed E-state index contributed by atoms with van der Waals surface area (Å²) in [5, 5.41) is 20.9. The highest BCUT2D eigenvalue weighted by Crippen LogP contribution is 2.32. The van der Waals surface area contributed by atoms with E-state index in [1.165, 1.54) is 0 Å². The summed E-state index contributed by atoms with van der Waals surface area (Å²) in [5.74, 6) is 1.21. The van der Waals surface area contributed by atoms with E-state index in [1.54, 1.807) is 35.2 Å². The second-order valence-corrected chi connectivity index (χ2v) is 11.2. The zero-order valence-corrected chi connectivity index (χ0v) is 24.0. The number of hydrogen-bond donors (Lipinski definition) is 2. The average Bonchev–Trinajstić information content (AvgIpc) is 3.44. The molecule has 0 bridgehead atoms. The Hall–Kier alpha value is -4.24. The molecule has 0 aromatic carbocycles. The first kappa shape index (κ1) is 27.9. The van der Waals surface area contributed by atoms with Crippen LogP contribution in [0.1, 0.15) is 35.8 Å². The fraction of sp³-hybridized carbons (Fsp3) is 0.367. The molecule has 2 aliphatic rings. The van der Waals surface area contributed by atoms with Gasteiger partial charge in [0.25, 0.3) is 5.91 Å². The predicted molar refractivity (Wildman–Crippen MR) is 158 cm³/mol. The van der Waals surface area contributed by atoms with Crippen LogP contribution in [0.2, 0.25) is 5.02 Å². The van der Waals surface area contributed by atoms with Gasteiger partial charge in [0, 0.05) is 55.2 Å². The van der Waals surface area contributed by atoms with Gasteiger partial charge < -0.3 is 25.0 Å². The molecule has 6 rings (SSSR count). The molecule has 216 valence electrons. The molecule has 1 atom stereocenters. The van der Waals surface area contributed by atoms with Crippen molar-refractivity contribution in [1.29, 1.82) is 5.26 Å². The molecular weight excluding hydrogens is 556 g/mol.